The molecule has 1 unspecified atom stereocenters. The molecule has 0 saturated heterocycles. The van der Waals surface area contributed by atoms with E-state index in [0.29, 0.717) is 21.9 Å². The van der Waals surface area contributed by atoms with E-state index in [1.807, 2.05) is 6.08 Å². The monoisotopic (exact) mass is 496 g/mol. The molecule has 6 nitrogen and oxygen atoms in total. The second-order valence-electron chi connectivity index (χ2n) is 10.3. The quantitative estimate of drug-likeness (QED) is 0.568. The molecule has 2 aliphatic carbocycles. The van der Waals surface area contributed by atoms with Crippen LogP contribution in [0.2, 0.25) is 0 Å². The summed E-state index contributed by atoms with van der Waals surface area (Å²) in [4.78, 5) is 31.6. The fourth-order valence-corrected chi connectivity index (χ4v) is 7.18. The number of benzene rings is 1. The number of rotatable bonds is 2. The van der Waals surface area contributed by atoms with Gasteiger partial charge in [0.05, 0.1) is 21.4 Å². The van der Waals surface area contributed by atoms with Crippen LogP contribution in [0.1, 0.15) is 48.5 Å². The zero-order valence-electron chi connectivity index (χ0n) is 20.0. The molecule has 1 aromatic carbocycles. The van der Waals surface area contributed by atoms with Gasteiger partial charge in [0.15, 0.2) is 5.78 Å². The van der Waals surface area contributed by atoms with E-state index in [1.165, 1.54) is 39.9 Å². The molecule has 7 rings (SSSR count). The van der Waals surface area contributed by atoms with Crippen molar-refractivity contribution in [3.63, 3.8) is 0 Å². The summed E-state index contributed by atoms with van der Waals surface area (Å²) in [5.74, 6) is -0.505. The van der Waals surface area contributed by atoms with Crippen molar-refractivity contribution in [2.24, 2.45) is 5.41 Å². The van der Waals surface area contributed by atoms with Crippen LogP contribution >= 0.6 is 11.3 Å². The molecule has 0 saturated carbocycles. The Balaban J connectivity index is 1.34. The van der Waals surface area contributed by atoms with Crippen LogP contribution in [0.3, 0.4) is 0 Å². The first kappa shape index (κ1) is 21.6. The summed E-state index contributed by atoms with van der Waals surface area (Å²) in [6.45, 7) is 5.52. The second kappa shape index (κ2) is 7.40. The Morgan fingerprint density at radius 2 is 2.11 bits per heavy atom. The Kier molecular flexibility index (Phi) is 4.43. The van der Waals surface area contributed by atoms with Crippen LogP contribution in [0, 0.1) is 5.41 Å². The summed E-state index contributed by atoms with van der Waals surface area (Å²) < 4.78 is 7.17. The van der Waals surface area contributed by atoms with Gasteiger partial charge in [-0.2, -0.15) is 0 Å². The summed E-state index contributed by atoms with van der Waals surface area (Å²) in [6.07, 6.45) is 13.2. The Bertz CT molecular complexity index is 1590. The molecule has 0 bridgehead atoms. The first-order valence-electron chi connectivity index (χ1n) is 12.2. The number of hydrogen-bond acceptors (Lipinski definition) is 6. The average Bonchev–Trinajstić information content (AvgIpc) is 3.39. The standard InChI is InChI=1S/C29H24N2O4S/c1-29(2)19-5-3-4-6-21(19)31-10-9-23-18(26(29)31)12-16-11-17(22(32)14-24(16)35-23)27-30-20-8-7-15(28(33)34)13-25(20)36-27/h3,5,7-8,11-14,23H,4,6,9-10H2,1-2H3,(H,33,34). The minimum atomic E-state index is -0.982. The molecule has 0 amide bonds. The SMILES string of the molecule is CC1(C)C2=C(CCC=C2)N2CCC3OC4=CC(=O)C(c5nc6ccc(C(=O)O)cc6s5)=CC4=CC3=C21. The van der Waals surface area contributed by atoms with Gasteiger partial charge in [-0.1, -0.05) is 26.0 Å². The van der Waals surface area contributed by atoms with E-state index in [2.05, 4.69) is 42.0 Å². The fraction of sp³-hybridized carbons (Fsp3) is 0.276. The van der Waals surface area contributed by atoms with Crippen LogP contribution < -0.4 is 0 Å². The van der Waals surface area contributed by atoms with Crippen molar-refractivity contribution >= 4 is 38.9 Å². The van der Waals surface area contributed by atoms with Crippen molar-refractivity contribution < 1.29 is 19.4 Å². The van der Waals surface area contributed by atoms with E-state index >= 15 is 0 Å². The summed E-state index contributed by atoms with van der Waals surface area (Å²) in [7, 11) is 0. The lowest BCUT2D eigenvalue weighted by Gasteiger charge is -2.41. The molecule has 3 aliphatic heterocycles. The molecule has 7 heteroatoms. The number of hydrogen-bond donors (Lipinski definition) is 1. The number of carboxylic acids is 1. The molecule has 36 heavy (non-hydrogen) atoms. The maximum atomic E-state index is 13.1. The molecule has 1 N–H and O–H groups in total. The van der Waals surface area contributed by atoms with Gasteiger partial charge < -0.3 is 14.7 Å². The van der Waals surface area contributed by atoms with Crippen molar-refractivity contribution in [2.75, 3.05) is 6.54 Å². The molecule has 0 radical (unpaired) electrons. The van der Waals surface area contributed by atoms with Crippen LogP contribution in [0.15, 0.2) is 82.5 Å². The highest BCUT2D eigenvalue weighted by Gasteiger charge is 2.47. The first-order chi connectivity index (χ1) is 17.3. The summed E-state index contributed by atoms with van der Waals surface area (Å²) in [5, 5.41) is 9.90. The topological polar surface area (TPSA) is 79.7 Å². The molecule has 180 valence electrons. The summed E-state index contributed by atoms with van der Waals surface area (Å²) in [6, 6.07) is 4.84. The largest absolute Gasteiger partial charge is 0.485 e. The Labute approximate surface area is 212 Å². The van der Waals surface area contributed by atoms with E-state index < -0.39 is 5.97 Å². The zero-order chi connectivity index (χ0) is 24.8. The van der Waals surface area contributed by atoms with Gasteiger partial charge >= 0.3 is 5.97 Å². The Morgan fingerprint density at radius 1 is 1.25 bits per heavy atom. The van der Waals surface area contributed by atoms with Crippen molar-refractivity contribution in [3.05, 3.63) is 93.0 Å². The van der Waals surface area contributed by atoms with E-state index in [4.69, 9.17) is 4.74 Å². The molecule has 4 heterocycles. The van der Waals surface area contributed by atoms with Crippen LogP contribution in [-0.4, -0.2) is 39.4 Å². The number of aromatic nitrogens is 1. The lowest BCUT2D eigenvalue weighted by atomic mass is 9.77. The number of carbonyl (C=O) groups excluding carboxylic acids is 1. The summed E-state index contributed by atoms with van der Waals surface area (Å²) >= 11 is 1.33. The normalized spacial score (nSPS) is 23.9. The van der Waals surface area contributed by atoms with E-state index in [9.17, 15) is 14.7 Å². The van der Waals surface area contributed by atoms with Crippen LogP contribution in [0.4, 0.5) is 0 Å². The Hall–Kier alpha value is -3.71. The molecular formula is C29H24N2O4S. The molecule has 0 fully saturated rings. The van der Waals surface area contributed by atoms with Gasteiger partial charge in [0.25, 0.3) is 0 Å². The number of thiazole rings is 1. The number of fused-ring (bicyclic) bond motifs is 5. The van der Waals surface area contributed by atoms with Crippen LogP contribution in [0.25, 0.3) is 15.8 Å². The lowest BCUT2D eigenvalue weighted by molar-refractivity contribution is -0.109. The predicted octanol–water partition coefficient (Wildman–Crippen LogP) is 5.77. The van der Waals surface area contributed by atoms with Gasteiger partial charge in [-0.3, -0.25) is 4.79 Å². The van der Waals surface area contributed by atoms with Crippen molar-refractivity contribution in [3.8, 4) is 0 Å². The van der Waals surface area contributed by atoms with Crippen molar-refractivity contribution in [2.45, 2.75) is 39.2 Å². The number of nitrogens with zero attached hydrogens (tertiary/aromatic N) is 2. The summed E-state index contributed by atoms with van der Waals surface area (Å²) in [5.41, 5.74) is 7.53. The van der Waals surface area contributed by atoms with E-state index in [-0.39, 0.29) is 22.9 Å². The molecular weight excluding hydrogens is 472 g/mol. The number of aromatic carboxylic acids is 1. The van der Waals surface area contributed by atoms with E-state index in [1.54, 1.807) is 18.2 Å². The molecule has 1 atom stereocenters. The highest BCUT2D eigenvalue weighted by Crippen LogP contribution is 2.54. The van der Waals surface area contributed by atoms with Gasteiger partial charge in [0.2, 0.25) is 0 Å². The van der Waals surface area contributed by atoms with Crippen molar-refractivity contribution in [1.82, 2.24) is 9.88 Å². The average molecular weight is 497 g/mol. The van der Waals surface area contributed by atoms with Gasteiger partial charge in [0, 0.05) is 47.0 Å². The third-order valence-electron chi connectivity index (χ3n) is 7.80. The van der Waals surface area contributed by atoms with Gasteiger partial charge in [-0.15, -0.1) is 11.3 Å². The number of ether oxygens (including phenoxy) is 1. The molecule has 1 aromatic heterocycles. The van der Waals surface area contributed by atoms with Crippen LogP contribution in [-0.2, 0) is 9.53 Å². The van der Waals surface area contributed by atoms with Crippen LogP contribution in [0.5, 0.6) is 0 Å². The minimum absolute atomic E-state index is 0.0597. The zero-order valence-corrected chi connectivity index (χ0v) is 20.8. The third-order valence-corrected chi connectivity index (χ3v) is 8.85. The molecule has 5 aliphatic rings. The highest BCUT2D eigenvalue weighted by molar-refractivity contribution is 7.19. The first-order valence-corrected chi connectivity index (χ1v) is 13.1. The molecule has 2 aromatic rings. The van der Waals surface area contributed by atoms with E-state index in [0.717, 1.165) is 36.1 Å². The number of carboxylic acid groups (broad SMARTS) is 1. The number of ketones is 1. The predicted molar refractivity (Wildman–Crippen MR) is 138 cm³/mol. The second-order valence-corrected chi connectivity index (χ2v) is 11.3. The Morgan fingerprint density at radius 3 is 2.94 bits per heavy atom. The van der Waals surface area contributed by atoms with Gasteiger partial charge in [-0.25, -0.2) is 9.78 Å². The third kappa shape index (κ3) is 2.99. The highest BCUT2D eigenvalue weighted by atomic mass is 32.1. The number of carbonyl (C=O) groups is 2. The minimum Gasteiger partial charge on any atom is -0.485 e. The van der Waals surface area contributed by atoms with Gasteiger partial charge in [-0.05, 0) is 48.8 Å². The molecule has 0 spiro atoms. The maximum Gasteiger partial charge on any atom is 0.335 e. The maximum absolute atomic E-state index is 13.1. The lowest BCUT2D eigenvalue weighted by Crippen LogP contribution is -2.38. The number of allylic oxidation sites excluding steroid dienone is 7. The fourth-order valence-electron chi connectivity index (χ4n) is 6.16. The van der Waals surface area contributed by atoms with Gasteiger partial charge in [0.1, 0.15) is 16.9 Å². The smallest absolute Gasteiger partial charge is 0.335 e. The van der Waals surface area contributed by atoms with Crippen molar-refractivity contribution in [1.29, 1.82) is 0 Å².